The van der Waals surface area contributed by atoms with Gasteiger partial charge in [0.25, 0.3) is 5.91 Å². The molecule has 3 heterocycles. The first-order valence-electron chi connectivity index (χ1n) is 9.10. The van der Waals surface area contributed by atoms with Crippen LogP contribution < -0.4 is 10.9 Å². The quantitative estimate of drug-likeness (QED) is 0.787. The summed E-state index contributed by atoms with van der Waals surface area (Å²) in [4.78, 5) is 49.3. The van der Waals surface area contributed by atoms with Gasteiger partial charge in [-0.25, -0.2) is 9.59 Å². The minimum Gasteiger partial charge on any atom is -0.444 e. The third-order valence-electron chi connectivity index (χ3n) is 4.69. The highest BCUT2D eigenvalue weighted by molar-refractivity contribution is 6.09. The molecule has 0 saturated carbocycles. The van der Waals surface area contributed by atoms with Crippen molar-refractivity contribution in [1.82, 2.24) is 10.2 Å². The number of piperidine rings is 1. The van der Waals surface area contributed by atoms with Crippen molar-refractivity contribution in [1.29, 1.82) is 0 Å². The van der Waals surface area contributed by atoms with Crippen LogP contribution in [0.25, 0.3) is 0 Å². The van der Waals surface area contributed by atoms with Crippen LogP contribution in [0.4, 0.5) is 4.79 Å². The predicted octanol–water partition coefficient (Wildman–Crippen LogP) is 1.64. The van der Waals surface area contributed by atoms with Gasteiger partial charge in [-0.2, -0.15) is 0 Å². The first kappa shape index (κ1) is 19.1. The van der Waals surface area contributed by atoms with Crippen molar-refractivity contribution >= 4 is 17.9 Å². The Kier molecular flexibility index (Phi) is 5.08. The highest BCUT2D eigenvalue weighted by Gasteiger charge is 2.31. The fourth-order valence-electron chi connectivity index (χ4n) is 3.49. The van der Waals surface area contributed by atoms with E-state index in [1.807, 2.05) is 20.8 Å². The minimum absolute atomic E-state index is 0.110. The largest absolute Gasteiger partial charge is 0.444 e. The first-order valence-corrected chi connectivity index (χ1v) is 9.10. The predicted molar refractivity (Wildman–Crippen MR) is 95.4 cm³/mol. The Labute approximate surface area is 156 Å². The zero-order valence-electron chi connectivity index (χ0n) is 15.8. The number of hydrogen-bond donors (Lipinski definition) is 1. The van der Waals surface area contributed by atoms with Gasteiger partial charge in [-0.1, -0.05) is 0 Å². The lowest BCUT2D eigenvalue weighted by Gasteiger charge is -2.33. The number of ether oxygens (including phenoxy) is 1. The summed E-state index contributed by atoms with van der Waals surface area (Å²) < 4.78 is 10.5. The van der Waals surface area contributed by atoms with E-state index in [0.29, 0.717) is 30.6 Å². The van der Waals surface area contributed by atoms with Crippen LogP contribution in [-0.4, -0.2) is 41.5 Å². The summed E-state index contributed by atoms with van der Waals surface area (Å²) in [6.07, 6.45) is 1.58. The van der Waals surface area contributed by atoms with Crippen LogP contribution in [0.1, 0.15) is 55.3 Å². The van der Waals surface area contributed by atoms with E-state index < -0.39 is 23.0 Å². The average Bonchev–Trinajstić information content (AvgIpc) is 2.52. The summed E-state index contributed by atoms with van der Waals surface area (Å²) in [6, 6.07) is 1.33. The van der Waals surface area contributed by atoms with Gasteiger partial charge in [0.05, 0.1) is 12.0 Å². The maximum Gasteiger partial charge on any atom is 0.410 e. The molecule has 2 aliphatic rings. The highest BCUT2D eigenvalue weighted by atomic mass is 16.6. The number of amides is 3. The Morgan fingerprint density at radius 2 is 1.93 bits per heavy atom. The number of nitrogens with one attached hydrogen (secondary N) is 1. The maximum atomic E-state index is 12.2. The van der Waals surface area contributed by atoms with Gasteiger partial charge in [-0.05, 0) is 51.5 Å². The number of carbonyl (C=O) groups is 3. The van der Waals surface area contributed by atoms with E-state index in [1.54, 1.807) is 4.90 Å². The molecule has 0 atom stereocenters. The molecule has 0 bridgehead atoms. The molecule has 0 unspecified atom stereocenters. The summed E-state index contributed by atoms with van der Waals surface area (Å²) in [7, 11) is 0. The second-order valence-corrected chi connectivity index (χ2v) is 8.06. The number of carbonyl (C=O) groups excluding carboxylic acids is 3. The fourth-order valence-corrected chi connectivity index (χ4v) is 3.49. The van der Waals surface area contributed by atoms with E-state index in [9.17, 15) is 19.2 Å². The standard InChI is InChI=1S/C19H24N2O6/c1-19(2,3)27-18(25)21-6-4-11(5-7-21)8-12-9-15(23)26-13-10-14(22)20-17(24)16(12)13/h9,11H,4-8,10H2,1-3H3,(H,20,22,24). The van der Waals surface area contributed by atoms with Gasteiger partial charge >= 0.3 is 11.7 Å². The third-order valence-corrected chi connectivity index (χ3v) is 4.69. The van der Waals surface area contributed by atoms with Gasteiger partial charge in [0.2, 0.25) is 5.91 Å². The van der Waals surface area contributed by atoms with Crippen molar-refractivity contribution in [2.24, 2.45) is 5.92 Å². The second kappa shape index (κ2) is 7.17. The summed E-state index contributed by atoms with van der Waals surface area (Å²) in [5.74, 6) is -0.637. The topological polar surface area (TPSA) is 106 Å². The Hall–Kier alpha value is -2.64. The molecule has 0 radical (unpaired) electrons. The molecule has 1 N–H and O–H groups in total. The zero-order chi connectivity index (χ0) is 19.8. The van der Waals surface area contributed by atoms with Crippen molar-refractivity contribution in [2.75, 3.05) is 13.1 Å². The molecule has 3 rings (SSSR count). The van der Waals surface area contributed by atoms with Crippen molar-refractivity contribution in [3.05, 3.63) is 33.4 Å². The van der Waals surface area contributed by atoms with Crippen LogP contribution in [0.15, 0.2) is 15.3 Å². The van der Waals surface area contributed by atoms with Crippen LogP contribution in [0.2, 0.25) is 0 Å². The van der Waals surface area contributed by atoms with Crippen LogP contribution in [0.5, 0.6) is 0 Å². The molecule has 8 heteroatoms. The number of rotatable bonds is 2. The SMILES string of the molecule is CC(C)(C)OC(=O)N1CCC(Cc2cc(=O)oc3c2C(=O)NC(=O)C3)CC1. The molecule has 1 aromatic rings. The molecule has 2 aliphatic heterocycles. The average molecular weight is 376 g/mol. The third kappa shape index (κ3) is 4.56. The van der Waals surface area contributed by atoms with E-state index in [-0.39, 0.29) is 24.2 Å². The van der Waals surface area contributed by atoms with Gasteiger partial charge in [0.15, 0.2) is 0 Å². The van der Waals surface area contributed by atoms with Crippen molar-refractivity contribution in [2.45, 2.75) is 52.1 Å². The number of hydrogen-bond acceptors (Lipinski definition) is 6. The van der Waals surface area contributed by atoms with Gasteiger partial charge < -0.3 is 14.1 Å². The van der Waals surface area contributed by atoms with E-state index in [1.165, 1.54) is 6.07 Å². The van der Waals surface area contributed by atoms with Gasteiger partial charge in [-0.15, -0.1) is 0 Å². The van der Waals surface area contributed by atoms with Crippen LogP contribution in [-0.2, 0) is 22.4 Å². The van der Waals surface area contributed by atoms with Gasteiger partial charge in [0.1, 0.15) is 11.4 Å². The van der Waals surface area contributed by atoms with E-state index in [2.05, 4.69) is 5.32 Å². The molecule has 0 spiro atoms. The monoisotopic (exact) mass is 376 g/mol. The number of imide groups is 1. The molecule has 1 saturated heterocycles. The number of likely N-dealkylation sites (tertiary alicyclic amines) is 1. The zero-order valence-corrected chi connectivity index (χ0v) is 15.8. The molecular formula is C19H24N2O6. The minimum atomic E-state index is -0.558. The van der Waals surface area contributed by atoms with E-state index in [0.717, 1.165) is 12.8 Å². The normalized spacial score (nSPS) is 18.1. The summed E-state index contributed by atoms with van der Waals surface area (Å²) in [5, 5.41) is 2.27. The van der Waals surface area contributed by atoms with Gasteiger partial charge in [0, 0.05) is 19.2 Å². The molecule has 146 valence electrons. The van der Waals surface area contributed by atoms with Crippen molar-refractivity contribution < 1.29 is 23.5 Å². The smallest absolute Gasteiger partial charge is 0.410 e. The van der Waals surface area contributed by atoms with Crippen molar-refractivity contribution in [3.8, 4) is 0 Å². The summed E-state index contributed by atoms with van der Waals surface area (Å²) >= 11 is 0. The highest BCUT2D eigenvalue weighted by Crippen LogP contribution is 2.26. The Morgan fingerprint density at radius 1 is 1.26 bits per heavy atom. The molecular weight excluding hydrogens is 352 g/mol. The molecule has 3 amide bonds. The first-order chi connectivity index (χ1) is 12.6. The lowest BCUT2D eigenvalue weighted by atomic mass is 9.87. The Balaban J connectivity index is 1.68. The Bertz CT molecular complexity index is 828. The number of nitrogens with zero attached hydrogens (tertiary/aromatic N) is 1. The van der Waals surface area contributed by atoms with Crippen LogP contribution in [0.3, 0.4) is 0 Å². The summed E-state index contributed by atoms with van der Waals surface area (Å²) in [5.41, 5.74) is -0.196. The van der Waals surface area contributed by atoms with E-state index in [4.69, 9.17) is 9.15 Å². The fraction of sp³-hybridized carbons (Fsp3) is 0.579. The lowest BCUT2D eigenvalue weighted by molar-refractivity contribution is -0.120. The van der Waals surface area contributed by atoms with Crippen LogP contribution in [0, 0.1) is 5.92 Å². The maximum absolute atomic E-state index is 12.2. The molecule has 27 heavy (non-hydrogen) atoms. The molecule has 0 aromatic carbocycles. The van der Waals surface area contributed by atoms with Crippen LogP contribution >= 0.6 is 0 Å². The summed E-state index contributed by atoms with van der Waals surface area (Å²) in [6.45, 7) is 6.62. The number of fused-ring (bicyclic) bond motifs is 1. The molecule has 8 nitrogen and oxygen atoms in total. The molecule has 0 aliphatic carbocycles. The second-order valence-electron chi connectivity index (χ2n) is 8.06. The lowest BCUT2D eigenvalue weighted by Crippen LogP contribution is -2.42. The molecule has 1 fully saturated rings. The van der Waals surface area contributed by atoms with Crippen molar-refractivity contribution in [3.63, 3.8) is 0 Å². The van der Waals surface area contributed by atoms with Gasteiger partial charge in [-0.3, -0.25) is 14.9 Å². The van der Waals surface area contributed by atoms with E-state index >= 15 is 0 Å². The molecule has 1 aromatic heterocycles. The Morgan fingerprint density at radius 3 is 2.56 bits per heavy atom.